The van der Waals surface area contributed by atoms with Crippen molar-refractivity contribution in [2.75, 3.05) is 18.4 Å². The Balaban J connectivity index is 2.06. The van der Waals surface area contributed by atoms with Crippen LogP contribution < -0.4 is 0 Å². The summed E-state index contributed by atoms with van der Waals surface area (Å²) >= 11 is 7.26. The zero-order valence-corrected chi connectivity index (χ0v) is 13.6. The summed E-state index contributed by atoms with van der Waals surface area (Å²) in [5.74, 6) is 0.813. The zero-order valence-electron chi connectivity index (χ0n) is 10.4. The molecule has 17 heavy (non-hydrogen) atoms. The van der Waals surface area contributed by atoms with Crippen molar-refractivity contribution in [1.82, 2.24) is 14.7 Å². The first-order valence-electron chi connectivity index (χ1n) is 6.14. The summed E-state index contributed by atoms with van der Waals surface area (Å²) in [5, 5.41) is 5.67. The van der Waals surface area contributed by atoms with Crippen LogP contribution >= 0.6 is 31.9 Å². The molecule has 0 saturated carbocycles. The third-order valence-electron chi connectivity index (χ3n) is 3.46. The maximum absolute atomic E-state index is 4.54. The van der Waals surface area contributed by atoms with E-state index in [-0.39, 0.29) is 0 Å². The monoisotopic (exact) mass is 363 g/mol. The van der Waals surface area contributed by atoms with E-state index in [1.54, 1.807) is 0 Å². The molecular formula is C12H19Br2N3. The standard InChI is InChI=1S/C12H19Br2N3/c1-3-10-12(14)11(16(2)15-10)8-17-5-4-9(6-13)7-17/h9H,3-8H2,1-2H3. The van der Waals surface area contributed by atoms with Gasteiger partial charge in [-0.25, -0.2) is 0 Å². The van der Waals surface area contributed by atoms with E-state index in [2.05, 4.69) is 48.8 Å². The third kappa shape index (κ3) is 2.93. The second kappa shape index (κ2) is 5.85. The van der Waals surface area contributed by atoms with Gasteiger partial charge in [0.15, 0.2) is 0 Å². The number of aromatic nitrogens is 2. The quantitative estimate of drug-likeness (QED) is 0.766. The Kier molecular flexibility index (Phi) is 4.66. The maximum atomic E-state index is 4.54. The molecule has 0 radical (unpaired) electrons. The van der Waals surface area contributed by atoms with Crippen LogP contribution in [0.25, 0.3) is 0 Å². The molecule has 5 heteroatoms. The van der Waals surface area contributed by atoms with Gasteiger partial charge < -0.3 is 0 Å². The lowest BCUT2D eigenvalue weighted by Gasteiger charge is -2.15. The Bertz CT molecular complexity index is 389. The largest absolute Gasteiger partial charge is 0.297 e. The van der Waals surface area contributed by atoms with Gasteiger partial charge in [0.05, 0.1) is 15.9 Å². The molecule has 1 saturated heterocycles. The molecule has 0 aromatic carbocycles. The first-order valence-corrected chi connectivity index (χ1v) is 8.05. The van der Waals surface area contributed by atoms with Crippen molar-refractivity contribution in [2.24, 2.45) is 13.0 Å². The number of alkyl halides is 1. The van der Waals surface area contributed by atoms with Gasteiger partial charge in [0, 0.05) is 25.5 Å². The summed E-state index contributed by atoms with van der Waals surface area (Å²) in [6.07, 6.45) is 2.29. The second-order valence-electron chi connectivity index (χ2n) is 4.73. The van der Waals surface area contributed by atoms with Crippen LogP contribution in [0.5, 0.6) is 0 Å². The van der Waals surface area contributed by atoms with Crippen molar-refractivity contribution in [3.05, 3.63) is 15.9 Å². The Morgan fingerprint density at radius 3 is 2.76 bits per heavy atom. The van der Waals surface area contributed by atoms with Crippen molar-refractivity contribution in [3.8, 4) is 0 Å². The lowest BCUT2D eigenvalue weighted by Crippen LogP contribution is -2.22. The van der Waals surface area contributed by atoms with Crippen LogP contribution in [-0.2, 0) is 20.0 Å². The zero-order chi connectivity index (χ0) is 12.4. The SMILES string of the molecule is CCc1nn(C)c(CN2CCC(CBr)C2)c1Br. The van der Waals surface area contributed by atoms with Crippen LogP contribution in [0.15, 0.2) is 4.47 Å². The molecule has 0 spiro atoms. The lowest BCUT2D eigenvalue weighted by molar-refractivity contribution is 0.311. The van der Waals surface area contributed by atoms with Gasteiger partial charge in [0.1, 0.15) is 0 Å². The van der Waals surface area contributed by atoms with E-state index in [0.29, 0.717) is 0 Å². The molecule has 1 aliphatic heterocycles. The molecule has 0 amide bonds. The van der Waals surface area contributed by atoms with Crippen LogP contribution in [-0.4, -0.2) is 33.1 Å². The van der Waals surface area contributed by atoms with Crippen molar-refractivity contribution in [3.63, 3.8) is 0 Å². The van der Waals surface area contributed by atoms with E-state index in [4.69, 9.17) is 0 Å². The number of nitrogens with zero attached hydrogens (tertiary/aromatic N) is 3. The first-order chi connectivity index (χ1) is 8.15. The van der Waals surface area contributed by atoms with Crippen LogP contribution in [0.4, 0.5) is 0 Å². The highest BCUT2D eigenvalue weighted by atomic mass is 79.9. The van der Waals surface area contributed by atoms with Crippen molar-refractivity contribution >= 4 is 31.9 Å². The molecule has 0 aliphatic carbocycles. The van der Waals surface area contributed by atoms with E-state index >= 15 is 0 Å². The highest BCUT2D eigenvalue weighted by molar-refractivity contribution is 9.10. The van der Waals surface area contributed by atoms with Crippen molar-refractivity contribution in [1.29, 1.82) is 0 Å². The van der Waals surface area contributed by atoms with Crippen LogP contribution in [0, 0.1) is 5.92 Å². The van der Waals surface area contributed by atoms with Gasteiger partial charge in [-0.05, 0) is 41.2 Å². The topological polar surface area (TPSA) is 21.1 Å². The Labute approximate surface area is 120 Å². The van der Waals surface area contributed by atoms with E-state index in [9.17, 15) is 0 Å². The first kappa shape index (κ1) is 13.6. The Hall–Kier alpha value is 0.130. The molecule has 2 heterocycles. The van der Waals surface area contributed by atoms with Crippen molar-refractivity contribution in [2.45, 2.75) is 26.3 Å². The molecule has 0 N–H and O–H groups in total. The predicted octanol–water partition coefficient (Wildman–Crippen LogP) is 2.96. The van der Waals surface area contributed by atoms with Gasteiger partial charge in [-0.2, -0.15) is 5.10 Å². The minimum absolute atomic E-state index is 0.813. The number of halogens is 2. The molecule has 1 fully saturated rings. The van der Waals surface area contributed by atoms with Crippen LogP contribution in [0.2, 0.25) is 0 Å². The van der Waals surface area contributed by atoms with Crippen molar-refractivity contribution < 1.29 is 0 Å². The summed E-state index contributed by atoms with van der Waals surface area (Å²) in [6.45, 7) is 5.56. The predicted molar refractivity (Wildman–Crippen MR) is 77.5 cm³/mol. The van der Waals surface area contributed by atoms with Gasteiger partial charge in [0.25, 0.3) is 0 Å². The molecule has 1 aromatic rings. The number of rotatable bonds is 4. The highest BCUT2D eigenvalue weighted by Crippen LogP contribution is 2.26. The molecule has 3 nitrogen and oxygen atoms in total. The average Bonchev–Trinajstić information content (AvgIpc) is 2.88. The molecule has 1 aromatic heterocycles. The van der Waals surface area contributed by atoms with Crippen LogP contribution in [0.1, 0.15) is 24.7 Å². The van der Waals surface area contributed by atoms with Gasteiger partial charge in [-0.1, -0.05) is 22.9 Å². The van der Waals surface area contributed by atoms with E-state index in [1.807, 2.05) is 11.7 Å². The lowest BCUT2D eigenvalue weighted by atomic mass is 10.2. The third-order valence-corrected chi connectivity index (χ3v) is 5.30. The maximum Gasteiger partial charge on any atom is 0.0767 e. The van der Waals surface area contributed by atoms with Crippen LogP contribution in [0.3, 0.4) is 0 Å². The van der Waals surface area contributed by atoms with Gasteiger partial charge >= 0.3 is 0 Å². The van der Waals surface area contributed by atoms with Gasteiger partial charge in [-0.15, -0.1) is 0 Å². The molecule has 1 unspecified atom stereocenters. The number of hydrogen-bond donors (Lipinski definition) is 0. The summed E-state index contributed by atoms with van der Waals surface area (Å²) in [5.41, 5.74) is 2.47. The van der Waals surface area contributed by atoms with E-state index < -0.39 is 0 Å². The summed E-state index contributed by atoms with van der Waals surface area (Å²) < 4.78 is 3.22. The fraction of sp³-hybridized carbons (Fsp3) is 0.750. The highest BCUT2D eigenvalue weighted by Gasteiger charge is 2.23. The Morgan fingerprint density at radius 2 is 2.24 bits per heavy atom. The van der Waals surface area contributed by atoms with E-state index in [1.165, 1.54) is 35.4 Å². The molecule has 1 aliphatic rings. The average molecular weight is 365 g/mol. The fourth-order valence-electron chi connectivity index (χ4n) is 2.39. The minimum Gasteiger partial charge on any atom is -0.297 e. The van der Waals surface area contributed by atoms with Gasteiger partial charge in [0.2, 0.25) is 0 Å². The molecule has 2 rings (SSSR count). The molecular weight excluding hydrogens is 346 g/mol. The second-order valence-corrected chi connectivity index (χ2v) is 6.17. The fourth-order valence-corrected chi connectivity index (χ4v) is 3.66. The number of aryl methyl sites for hydroxylation is 2. The molecule has 96 valence electrons. The molecule has 1 atom stereocenters. The Morgan fingerprint density at radius 1 is 1.47 bits per heavy atom. The minimum atomic E-state index is 0.813. The number of hydrogen-bond acceptors (Lipinski definition) is 2. The van der Waals surface area contributed by atoms with Gasteiger partial charge in [-0.3, -0.25) is 9.58 Å². The summed E-state index contributed by atoms with van der Waals surface area (Å²) in [4.78, 5) is 2.52. The smallest absolute Gasteiger partial charge is 0.0767 e. The summed E-state index contributed by atoms with van der Waals surface area (Å²) in [6, 6.07) is 0. The molecule has 0 bridgehead atoms. The number of likely N-dealkylation sites (tertiary alicyclic amines) is 1. The van der Waals surface area contributed by atoms with E-state index in [0.717, 1.165) is 24.2 Å². The summed E-state index contributed by atoms with van der Waals surface area (Å²) in [7, 11) is 2.04. The normalized spacial score (nSPS) is 21.3.